The third-order valence-corrected chi connectivity index (χ3v) is 8.78. The van der Waals surface area contributed by atoms with Crippen LogP contribution in [0.3, 0.4) is 0 Å². The normalized spacial score (nSPS) is 11.3. The smallest absolute Gasteiger partial charge is 0.264 e. The minimum atomic E-state index is -4.02. The van der Waals surface area contributed by atoms with Crippen molar-refractivity contribution < 1.29 is 13.2 Å². The number of nitrogens with zero attached hydrogens (tertiary/aromatic N) is 1. The zero-order chi connectivity index (χ0) is 24.7. The summed E-state index contributed by atoms with van der Waals surface area (Å²) in [4.78, 5) is 12.8. The second-order valence-corrected chi connectivity index (χ2v) is 11.6. The van der Waals surface area contributed by atoms with Crippen molar-refractivity contribution in [1.29, 1.82) is 0 Å². The van der Waals surface area contributed by atoms with Crippen LogP contribution in [0, 0.1) is 6.92 Å². The van der Waals surface area contributed by atoms with Crippen molar-refractivity contribution in [2.75, 3.05) is 23.1 Å². The van der Waals surface area contributed by atoms with Crippen LogP contribution in [0.15, 0.2) is 71.6 Å². The summed E-state index contributed by atoms with van der Waals surface area (Å²) in [5, 5.41) is 3.97. The predicted octanol–water partition coefficient (Wildman–Crippen LogP) is 6.20. The van der Waals surface area contributed by atoms with Crippen molar-refractivity contribution in [3.63, 3.8) is 0 Å². The SMILES string of the molecule is Cc1ccc(S(=O)(=O)N(CC(=O)NCCSCc2ccccc2Cl)c2ccc(Cl)c(Cl)c2)cc1. The van der Waals surface area contributed by atoms with Gasteiger partial charge >= 0.3 is 0 Å². The number of benzene rings is 3. The standard InChI is InChI=1S/C24H23Cl3N2O3S2/c1-17-6-9-20(10-7-17)34(31,32)29(19-8-11-22(26)23(27)14-19)15-24(30)28-12-13-33-16-18-4-2-3-5-21(18)25/h2-11,14H,12-13,15-16H2,1H3,(H,28,30). The second kappa shape index (κ2) is 12.2. The maximum atomic E-state index is 13.4. The summed E-state index contributed by atoms with van der Waals surface area (Å²) in [5.74, 6) is 0.932. The number of anilines is 1. The summed E-state index contributed by atoms with van der Waals surface area (Å²) >= 11 is 19.9. The summed E-state index contributed by atoms with van der Waals surface area (Å²) in [6.07, 6.45) is 0. The third-order valence-electron chi connectivity index (χ3n) is 4.87. The van der Waals surface area contributed by atoms with E-state index >= 15 is 0 Å². The van der Waals surface area contributed by atoms with Gasteiger partial charge in [-0.2, -0.15) is 11.8 Å². The van der Waals surface area contributed by atoms with E-state index in [4.69, 9.17) is 34.8 Å². The molecule has 1 N–H and O–H groups in total. The Morgan fingerprint density at radius 3 is 2.32 bits per heavy atom. The van der Waals surface area contributed by atoms with E-state index in [1.165, 1.54) is 30.3 Å². The lowest BCUT2D eigenvalue weighted by atomic mass is 10.2. The Balaban J connectivity index is 1.68. The van der Waals surface area contributed by atoms with Crippen molar-refractivity contribution >= 4 is 68.2 Å². The molecular formula is C24H23Cl3N2O3S2. The first-order chi connectivity index (χ1) is 16.2. The Kier molecular flexibility index (Phi) is 9.56. The minimum absolute atomic E-state index is 0.0762. The molecule has 0 unspecified atom stereocenters. The van der Waals surface area contributed by atoms with Crippen LogP contribution in [0.1, 0.15) is 11.1 Å². The van der Waals surface area contributed by atoms with E-state index in [1.54, 1.807) is 23.9 Å². The summed E-state index contributed by atoms with van der Waals surface area (Å²) in [6, 6.07) is 18.5. The molecule has 0 radical (unpaired) electrons. The molecule has 0 aromatic heterocycles. The lowest BCUT2D eigenvalue weighted by molar-refractivity contribution is -0.119. The number of nitrogens with one attached hydrogen (secondary N) is 1. The molecule has 0 aliphatic rings. The summed E-state index contributed by atoms with van der Waals surface area (Å²) in [5.41, 5.74) is 2.20. The van der Waals surface area contributed by atoms with Gasteiger partial charge in [0.1, 0.15) is 6.54 Å². The molecule has 0 spiro atoms. The van der Waals surface area contributed by atoms with Gasteiger partial charge in [0.05, 0.1) is 20.6 Å². The highest BCUT2D eigenvalue weighted by atomic mass is 35.5. The molecule has 1 amide bonds. The van der Waals surface area contributed by atoms with Crippen LogP contribution in [-0.2, 0) is 20.6 Å². The zero-order valence-corrected chi connectivity index (χ0v) is 22.2. The highest BCUT2D eigenvalue weighted by Crippen LogP contribution is 2.30. The number of rotatable bonds is 10. The zero-order valence-electron chi connectivity index (χ0n) is 18.3. The Morgan fingerprint density at radius 2 is 1.65 bits per heavy atom. The lowest BCUT2D eigenvalue weighted by Crippen LogP contribution is -2.41. The molecule has 3 aromatic carbocycles. The first-order valence-electron chi connectivity index (χ1n) is 10.3. The Labute approximate surface area is 219 Å². The van der Waals surface area contributed by atoms with Gasteiger partial charge in [0.15, 0.2) is 0 Å². The number of carbonyl (C=O) groups is 1. The van der Waals surface area contributed by atoms with Crippen LogP contribution < -0.4 is 9.62 Å². The Bertz CT molecular complexity index is 1250. The molecule has 0 saturated heterocycles. The molecule has 0 saturated carbocycles. The fourth-order valence-electron chi connectivity index (χ4n) is 3.04. The number of halogens is 3. The van der Waals surface area contributed by atoms with Crippen LogP contribution in [0.5, 0.6) is 0 Å². The molecule has 10 heteroatoms. The van der Waals surface area contributed by atoms with Gasteiger partial charge in [-0.25, -0.2) is 8.42 Å². The van der Waals surface area contributed by atoms with Crippen molar-refractivity contribution in [2.45, 2.75) is 17.6 Å². The summed E-state index contributed by atoms with van der Waals surface area (Å²) < 4.78 is 27.8. The van der Waals surface area contributed by atoms with Gasteiger partial charge in [-0.3, -0.25) is 9.10 Å². The summed E-state index contributed by atoms with van der Waals surface area (Å²) in [7, 11) is -4.02. The van der Waals surface area contributed by atoms with Gasteiger partial charge in [0.2, 0.25) is 5.91 Å². The molecule has 0 atom stereocenters. The van der Waals surface area contributed by atoms with E-state index in [0.29, 0.717) is 23.1 Å². The van der Waals surface area contributed by atoms with Crippen LogP contribution >= 0.6 is 46.6 Å². The van der Waals surface area contributed by atoms with Gasteiger partial charge in [-0.05, 0) is 48.9 Å². The molecule has 5 nitrogen and oxygen atoms in total. The van der Waals surface area contributed by atoms with Gasteiger partial charge in [-0.15, -0.1) is 0 Å². The van der Waals surface area contributed by atoms with Crippen molar-refractivity contribution in [1.82, 2.24) is 5.32 Å². The molecule has 3 aromatic rings. The maximum Gasteiger partial charge on any atom is 0.264 e. The van der Waals surface area contributed by atoms with Crippen LogP contribution in [0.2, 0.25) is 15.1 Å². The number of aryl methyl sites for hydroxylation is 1. The number of hydrogen-bond donors (Lipinski definition) is 1. The minimum Gasteiger partial charge on any atom is -0.354 e. The second-order valence-electron chi connectivity index (χ2n) is 7.42. The van der Waals surface area contributed by atoms with Gasteiger partial charge < -0.3 is 5.32 Å². The fourth-order valence-corrected chi connectivity index (χ4v) is 5.89. The van der Waals surface area contributed by atoms with Crippen molar-refractivity contribution in [2.24, 2.45) is 0 Å². The Morgan fingerprint density at radius 1 is 0.941 bits per heavy atom. The lowest BCUT2D eigenvalue weighted by Gasteiger charge is -2.24. The van der Waals surface area contributed by atoms with E-state index in [0.717, 1.165) is 15.4 Å². The van der Waals surface area contributed by atoms with E-state index in [2.05, 4.69) is 5.32 Å². The van der Waals surface area contributed by atoms with E-state index < -0.39 is 22.5 Å². The third kappa shape index (κ3) is 7.06. The molecule has 180 valence electrons. The summed E-state index contributed by atoms with van der Waals surface area (Å²) in [6.45, 7) is 1.85. The van der Waals surface area contributed by atoms with Crippen LogP contribution in [0.25, 0.3) is 0 Å². The van der Waals surface area contributed by atoms with Crippen LogP contribution in [-0.4, -0.2) is 33.2 Å². The molecule has 0 aliphatic carbocycles. The van der Waals surface area contributed by atoms with Gasteiger partial charge in [0, 0.05) is 23.1 Å². The van der Waals surface area contributed by atoms with E-state index in [9.17, 15) is 13.2 Å². The Hall–Kier alpha value is -1.90. The predicted molar refractivity (Wildman–Crippen MR) is 143 cm³/mol. The first-order valence-corrected chi connectivity index (χ1v) is 14.0. The molecule has 0 bridgehead atoms. The number of hydrogen-bond acceptors (Lipinski definition) is 4. The number of sulfonamides is 1. The monoisotopic (exact) mass is 556 g/mol. The average molecular weight is 558 g/mol. The highest BCUT2D eigenvalue weighted by molar-refractivity contribution is 7.98. The highest BCUT2D eigenvalue weighted by Gasteiger charge is 2.27. The fraction of sp³-hybridized carbons (Fsp3) is 0.208. The topological polar surface area (TPSA) is 66.5 Å². The van der Waals surface area contributed by atoms with Crippen molar-refractivity contribution in [3.8, 4) is 0 Å². The first kappa shape index (κ1) is 26.7. The molecule has 3 rings (SSSR count). The largest absolute Gasteiger partial charge is 0.354 e. The van der Waals surface area contributed by atoms with Crippen molar-refractivity contribution in [3.05, 3.63) is 92.9 Å². The average Bonchev–Trinajstić information content (AvgIpc) is 2.80. The van der Waals surface area contributed by atoms with Gasteiger partial charge in [-0.1, -0.05) is 70.7 Å². The van der Waals surface area contributed by atoms with E-state index in [-0.39, 0.29) is 20.6 Å². The van der Waals surface area contributed by atoms with Gasteiger partial charge in [0.25, 0.3) is 10.0 Å². The molecule has 34 heavy (non-hydrogen) atoms. The quantitative estimate of drug-likeness (QED) is 0.301. The van der Waals surface area contributed by atoms with E-state index in [1.807, 2.05) is 31.2 Å². The van der Waals surface area contributed by atoms with Crippen LogP contribution in [0.4, 0.5) is 5.69 Å². The number of carbonyl (C=O) groups excluding carboxylic acids is 1. The molecule has 0 heterocycles. The molecule has 0 fully saturated rings. The number of thioether (sulfide) groups is 1. The maximum absolute atomic E-state index is 13.4. The molecule has 0 aliphatic heterocycles. The number of amides is 1. The molecular weight excluding hydrogens is 535 g/mol.